The first-order valence-corrected chi connectivity index (χ1v) is 11.3. The van der Waals surface area contributed by atoms with E-state index in [0.29, 0.717) is 10.8 Å². The molecule has 0 aromatic carbocycles. The van der Waals surface area contributed by atoms with Crippen molar-refractivity contribution in [3.8, 4) is 0 Å². The van der Waals surface area contributed by atoms with Crippen molar-refractivity contribution in [3.05, 3.63) is 0 Å². The van der Waals surface area contributed by atoms with Crippen LogP contribution in [0.3, 0.4) is 0 Å². The van der Waals surface area contributed by atoms with Crippen LogP contribution in [0.2, 0.25) is 0 Å². The van der Waals surface area contributed by atoms with E-state index in [9.17, 15) is 0 Å². The van der Waals surface area contributed by atoms with Gasteiger partial charge in [0, 0.05) is 6.54 Å². The molecule has 1 aliphatic carbocycles. The van der Waals surface area contributed by atoms with E-state index in [1.807, 2.05) is 0 Å². The SMILES string of the molecule is CC(C)(C)CC1CCC(CCCC2CCN(CC(C)(C)C)CC2)CC1. The molecular weight excluding hydrogens is 302 g/mol. The smallest absolute Gasteiger partial charge is 0.00300 e. The Morgan fingerprint density at radius 3 is 1.60 bits per heavy atom. The summed E-state index contributed by atoms with van der Waals surface area (Å²) in [6.45, 7) is 18.3. The van der Waals surface area contributed by atoms with Crippen LogP contribution in [-0.4, -0.2) is 24.5 Å². The third kappa shape index (κ3) is 8.94. The van der Waals surface area contributed by atoms with Gasteiger partial charge in [-0.15, -0.1) is 0 Å². The van der Waals surface area contributed by atoms with E-state index in [-0.39, 0.29) is 0 Å². The molecule has 0 aromatic rings. The molecule has 1 aliphatic heterocycles. The van der Waals surface area contributed by atoms with E-state index in [0.717, 1.165) is 17.8 Å². The lowest BCUT2D eigenvalue weighted by molar-refractivity contribution is 0.130. The van der Waals surface area contributed by atoms with E-state index in [1.165, 1.54) is 83.8 Å². The van der Waals surface area contributed by atoms with Gasteiger partial charge < -0.3 is 4.90 Å². The highest BCUT2D eigenvalue weighted by Crippen LogP contribution is 2.38. The Labute approximate surface area is 159 Å². The maximum absolute atomic E-state index is 2.70. The molecule has 1 heterocycles. The Morgan fingerprint density at radius 2 is 1.12 bits per heavy atom. The maximum atomic E-state index is 2.70. The van der Waals surface area contributed by atoms with Gasteiger partial charge in [0.2, 0.25) is 0 Å². The fourth-order valence-corrected chi connectivity index (χ4v) is 5.39. The number of nitrogens with zero attached hydrogens (tertiary/aromatic N) is 1. The van der Waals surface area contributed by atoms with Crippen LogP contribution < -0.4 is 0 Å². The van der Waals surface area contributed by atoms with Crippen LogP contribution in [0.1, 0.15) is 106 Å². The zero-order chi connectivity index (χ0) is 18.5. The summed E-state index contributed by atoms with van der Waals surface area (Å²) < 4.78 is 0. The van der Waals surface area contributed by atoms with Gasteiger partial charge >= 0.3 is 0 Å². The van der Waals surface area contributed by atoms with Crippen molar-refractivity contribution in [1.29, 1.82) is 0 Å². The van der Waals surface area contributed by atoms with Gasteiger partial charge in [0.05, 0.1) is 0 Å². The molecule has 0 N–H and O–H groups in total. The van der Waals surface area contributed by atoms with Gasteiger partial charge in [0.1, 0.15) is 0 Å². The molecule has 0 bridgehead atoms. The standard InChI is InChI=1S/C24H47N/c1-23(2,3)18-22-12-10-20(11-13-22)8-7-9-21-14-16-25(17-15-21)19-24(4,5)6/h20-22H,7-19H2,1-6H3. The molecule has 2 fully saturated rings. The normalized spacial score (nSPS) is 27.6. The zero-order valence-electron chi connectivity index (χ0n) is 18.4. The third-order valence-electron chi connectivity index (χ3n) is 6.50. The lowest BCUT2D eigenvalue weighted by Gasteiger charge is -2.36. The predicted molar refractivity (Wildman–Crippen MR) is 112 cm³/mol. The zero-order valence-corrected chi connectivity index (χ0v) is 18.4. The Balaban J connectivity index is 1.54. The fraction of sp³-hybridized carbons (Fsp3) is 1.00. The summed E-state index contributed by atoms with van der Waals surface area (Å²) in [6, 6.07) is 0. The molecule has 2 rings (SSSR count). The molecule has 1 saturated heterocycles. The van der Waals surface area contributed by atoms with E-state index in [4.69, 9.17) is 0 Å². The molecule has 0 aromatic heterocycles. The molecule has 0 radical (unpaired) electrons. The summed E-state index contributed by atoms with van der Waals surface area (Å²) in [5.74, 6) is 3.09. The first-order chi connectivity index (χ1) is 11.6. The third-order valence-corrected chi connectivity index (χ3v) is 6.50. The summed E-state index contributed by atoms with van der Waals surface area (Å²) in [4.78, 5) is 2.70. The first-order valence-electron chi connectivity index (χ1n) is 11.3. The average Bonchev–Trinajstić information content (AvgIpc) is 2.48. The second-order valence-corrected chi connectivity index (χ2v) is 11.9. The Bertz CT molecular complexity index is 321. The highest BCUT2D eigenvalue weighted by molar-refractivity contribution is 4.79. The highest BCUT2D eigenvalue weighted by atomic mass is 15.1. The lowest BCUT2D eigenvalue weighted by Crippen LogP contribution is -2.39. The van der Waals surface area contributed by atoms with E-state index >= 15 is 0 Å². The summed E-state index contributed by atoms with van der Waals surface area (Å²) >= 11 is 0. The van der Waals surface area contributed by atoms with Crippen LogP contribution in [-0.2, 0) is 0 Å². The van der Waals surface area contributed by atoms with Gasteiger partial charge in [-0.05, 0) is 60.9 Å². The van der Waals surface area contributed by atoms with E-state index in [2.05, 4.69) is 46.4 Å². The molecule has 1 saturated carbocycles. The number of hydrogen-bond acceptors (Lipinski definition) is 1. The molecular formula is C24H47N. The second-order valence-electron chi connectivity index (χ2n) is 11.9. The van der Waals surface area contributed by atoms with E-state index in [1.54, 1.807) is 0 Å². The van der Waals surface area contributed by atoms with Crippen molar-refractivity contribution in [2.75, 3.05) is 19.6 Å². The highest BCUT2D eigenvalue weighted by Gasteiger charge is 2.26. The molecule has 2 aliphatic rings. The number of rotatable bonds is 6. The van der Waals surface area contributed by atoms with Gasteiger partial charge in [0.25, 0.3) is 0 Å². The van der Waals surface area contributed by atoms with Crippen molar-refractivity contribution in [2.45, 2.75) is 106 Å². The van der Waals surface area contributed by atoms with Crippen molar-refractivity contribution in [3.63, 3.8) is 0 Å². The minimum Gasteiger partial charge on any atom is -0.303 e. The molecule has 25 heavy (non-hydrogen) atoms. The van der Waals surface area contributed by atoms with Gasteiger partial charge in [-0.25, -0.2) is 0 Å². The van der Waals surface area contributed by atoms with Crippen molar-refractivity contribution < 1.29 is 0 Å². The second kappa shape index (κ2) is 9.25. The van der Waals surface area contributed by atoms with Gasteiger partial charge in [-0.2, -0.15) is 0 Å². The summed E-state index contributed by atoms with van der Waals surface area (Å²) in [5.41, 5.74) is 0.984. The Hall–Kier alpha value is -0.0400. The van der Waals surface area contributed by atoms with E-state index < -0.39 is 0 Å². The molecule has 0 atom stereocenters. The number of likely N-dealkylation sites (tertiary alicyclic amines) is 1. The lowest BCUT2D eigenvalue weighted by atomic mass is 9.73. The van der Waals surface area contributed by atoms with Crippen LogP contribution in [0.25, 0.3) is 0 Å². The molecule has 0 spiro atoms. The van der Waals surface area contributed by atoms with Gasteiger partial charge in [-0.1, -0.05) is 86.5 Å². The Morgan fingerprint density at radius 1 is 0.640 bits per heavy atom. The van der Waals surface area contributed by atoms with Gasteiger partial charge in [0.15, 0.2) is 0 Å². The quantitative estimate of drug-likeness (QED) is 0.492. The van der Waals surface area contributed by atoms with Crippen LogP contribution in [0.15, 0.2) is 0 Å². The van der Waals surface area contributed by atoms with Crippen molar-refractivity contribution in [2.24, 2.45) is 28.6 Å². The molecule has 1 heteroatoms. The fourth-order valence-electron chi connectivity index (χ4n) is 5.39. The first kappa shape index (κ1) is 21.3. The summed E-state index contributed by atoms with van der Waals surface area (Å²) in [6.07, 6.45) is 14.9. The van der Waals surface area contributed by atoms with Crippen LogP contribution >= 0.6 is 0 Å². The summed E-state index contributed by atoms with van der Waals surface area (Å²) in [7, 11) is 0. The molecule has 1 nitrogen and oxygen atoms in total. The molecule has 148 valence electrons. The maximum Gasteiger partial charge on any atom is 0.00300 e. The van der Waals surface area contributed by atoms with Crippen LogP contribution in [0.5, 0.6) is 0 Å². The molecule has 0 unspecified atom stereocenters. The largest absolute Gasteiger partial charge is 0.303 e. The Kier molecular flexibility index (Phi) is 7.86. The minimum atomic E-state index is 0.457. The predicted octanol–water partition coefficient (Wildman–Crippen LogP) is 7.16. The monoisotopic (exact) mass is 349 g/mol. The van der Waals surface area contributed by atoms with Crippen molar-refractivity contribution >= 4 is 0 Å². The molecule has 0 amide bonds. The van der Waals surface area contributed by atoms with Gasteiger partial charge in [-0.3, -0.25) is 0 Å². The average molecular weight is 350 g/mol. The number of hydrogen-bond donors (Lipinski definition) is 0. The summed E-state index contributed by atoms with van der Waals surface area (Å²) in [5, 5.41) is 0. The minimum absolute atomic E-state index is 0.457. The topological polar surface area (TPSA) is 3.24 Å². The number of piperidine rings is 1. The van der Waals surface area contributed by atoms with Crippen LogP contribution in [0.4, 0.5) is 0 Å². The van der Waals surface area contributed by atoms with Crippen LogP contribution in [0, 0.1) is 28.6 Å². The van der Waals surface area contributed by atoms with Crippen molar-refractivity contribution in [1.82, 2.24) is 4.90 Å².